The van der Waals surface area contributed by atoms with E-state index in [4.69, 9.17) is 11.6 Å². The van der Waals surface area contributed by atoms with Crippen LogP contribution in [0.3, 0.4) is 0 Å². The van der Waals surface area contributed by atoms with Crippen LogP contribution in [-0.2, 0) is 11.0 Å². The van der Waals surface area contributed by atoms with Crippen molar-refractivity contribution in [2.24, 2.45) is 0 Å². The van der Waals surface area contributed by atoms with Gasteiger partial charge in [0, 0.05) is 28.9 Å². The lowest BCUT2D eigenvalue weighted by Crippen LogP contribution is -2.08. The number of rotatable bonds is 4. The van der Waals surface area contributed by atoms with Crippen molar-refractivity contribution in [3.8, 4) is 0 Å². The van der Waals surface area contributed by atoms with Gasteiger partial charge in [0.1, 0.15) is 0 Å². The number of carbonyl (C=O) groups is 1. The van der Waals surface area contributed by atoms with Crippen LogP contribution >= 0.6 is 11.6 Å². The summed E-state index contributed by atoms with van der Waals surface area (Å²) in [5, 5.41) is 13.0. The van der Waals surface area contributed by atoms with Gasteiger partial charge < -0.3 is 5.32 Å². The fraction of sp³-hybridized carbons (Fsp3) is 0.0625. The van der Waals surface area contributed by atoms with E-state index < -0.39 is 22.6 Å². The first kappa shape index (κ1) is 18.5. The van der Waals surface area contributed by atoms with Gasteiger partial charge in [0.05, 0.1) is 10.5 Å². The summed E-state index contributed by atoms with van der Waals surface area (Å²) < 4.78 is 38.0. The molecule has 0 saturated carbocycles. The molecule has 2 aromatic rings. The SMILES string of the molecule is O=C(/C=C/c1cc(C(F)(F)F)ccc1Cl)Nc1ccc([N+](=O)[O-])cc1. The molecule has 130 valence electrons. The van der Waals surface area contributed by atoms with Gasteiger partial charge in [-0.15, -0.1) is 0 Å². The van der Waals surface area contributed by atoms with Crippen molar-refractivity contribution in [1.29, 1.82) is 0 Å². The van der Waals surface area contributed by atoms with Gasteiger partial charge in [-0.1, -0.05) is 11.6 Å². The lowest BCUT2D eigenvalue weighted by atomic mass is 10.1. The Balaban J connectivity index is 2.11. The van der Waals surface area contributed by atoms with E-state index in [0.29, 0.717) is 5.69 Å². The van der Waals surface area contributed by atoms with E-state index >= 15 is 0 Å². The van der Waals surface area contributed by atoms with Crippen molar-refractivity contribution in [2.75, 3.05) is 5.32 Å². The normalized spacial score (nSPS) is 11.5. The second kappa shape index (κ2) is 7.35. The number of carbonyl (C=O) groups excluding carboxylic acids is 1. The van der Waals surface area contributed by atoms with Gasteiger partial charge >= 0.3 is 6.18 Å². The molecule has 0 spiro atoms. The molecule has 0 radical (unpaired) electrons. The van der Waals surface area contributed by atoms with Crippen molar-refractivity contribution in [2.45, 2.75) is 6.18 Å². The highest BCUT2D eigenvalue weighted by molar-refractivity contribution is 6.32. The van der Waals surface area contributed by atoms with Gasteiger partial charge in [0.2, 0.25) is 5.91 Å². The summed E-state index contributed by atoms with van der Waals surface area (Å²) in [7, 11) is 0. The predicted octanol–water partition coefficient (Wildman–Crippen LogP) is 4.92. The molecular formula is C16H10ClF3N2O3. The monoisotopic (exact) mass is 370 g/mol. The van der Waals surface area contributed by atoms with E-state index in [2.05, 4.69) is 5.32 Å². The summed E-state index contributed by atoms with van der Waals surface area (Å²) in [5.41, 5.74) is -0.678. The molecule has 0 aliphatic rings. The third-order valence-corrected chi connectivity index (χ3v) is 3.43. The third kappa shape index (κ3) is 5.05. The Labute approximate surface area is 144 Å². The molecule has 0 aliphatic carbocycles. The van der Waals surface area contributed by atoms with E-state index in [0.717, 1.165) is 30.4 Å². The zero-order chi connectivity index (χ0) is 18.6. The van der Waals surface area contributed by atoms with Crippen LogP contribution in [0.15, 0.2) is 48.5 Å². The quantitative estimate of drug-likeness (QED) is 0.471. The molecule has 25 heavy (non-hydrogen) atoms. The summed E-state index contributed by atoms with van der Waals surface area (Å²) in [5.74, 6) is -0.623. The van der Waals surface area contributed by atoms with Crippen molar-refractivity contribution in [3.05, 3.63) is 74.8 Å². The topological polar surface area (TPSA) is 72.2 Å². The Morgan fingerprint density at radius 1 is 1.16 bits per heavy atom. The first-order valence-corrected chi connectivity index (χ1v) is 7.15. The molecule has 1 amide bonds. The van der Waals surface area contributed by atoms with Gasteiger partial charge in [-0.3, -0.25) is 14.9 Å². The highest BCUT2D eigenvalue weighted by Crippen LogP contribution is 2.32. The van der Waals surface area contributed by atoms with Gasteiger partial charge in [-0.25, -0.2) is 0 Å². The fourth-order valence-electron chi connectivity index (χ4n) is 1.86. The Morgan fingerprint density at radius 3 is 2.36 bits per heavy atom. The van der Waals surface area contributed by atoms with Crippen molar-refractivity contribution in [3.63, 3.8) is 0 Å². The first-order valence-electron chi connectivity index (χ1n) is 6.77. The van der Waals surface area contributed by atoms with Gasteiger partial charge in [0.15, 0.2) is 0 Å². The van der Waals surface area contributed by atoms with Crippen LogP contribution in [0.4, 0.5) is 24.5 Å². The van der Waals surface area contributed by atoms with Crippen LogP contribution in [0.1, 0.15) is 11.1 Å². The number of benzene rings is 2. The van der Waals surface area contributed by atoms with Crippen LogP contribution in [-0.4, -0.2) is 10.8 Å². The standard InChI is InChI=1S/C16H10ClF3N2O3/c17-14-7-2-11(16(18,19)20)9-10(14)1-8-15(23)21-12-3-5-13(6-4-12)22(24)25/h1-9H,(H,21,23)/b8-1+. The zero-order valence-corrected chi connectivity index (χ0v) is 13.1. The molecule has 2 aromatic carbocycles. The molecular weight excluding hydrogens is 361 g/mol. The highest BCUT2D eigenvalue weighted by atomic mass is 35.5. The van der Waals surface area contributed by atoms with E-state index in [-0.39, 0.29) is 16.3 Å². The molecule has 0 aliphatic heterocycles. The smallest absolute Gasteiger partial charge is 0.323 e. The summed E-state index contributed by atoms with van der Waals surface area (Å²) in [6.45, 7) is 0. The minimum absolute atomic E-state index is 0.0374. The second-order valence-electron chi connectivity index (χ2n) is 4.86. The Morgan fingerprint density at radius 2 is 1.80 bits per heavy atom. The number of nitro groups is 1. The summed E-state index contributed by atoms with van der Waals surface area (Å²) in [6.07, 6.45) is -2.35. The number of non-ortho nitro benzene ring substituents is 1. The molecule has 0 aromatic heterocycles. The van der Waals surface area contributed by atoms with E-state index in [1.54, 1.807) is 0 Å². The summed E-state index contributed by atoms with van der Waals surface area (Å²) in [6, 6.07) is 7.86. The molecule has 0 atom stereocenters. The lowest BCUT2D eigenvalue weighted by molar-refractivity contribution is -0.384. The molecule has 0 saturated heterocycles. The van der Waals surface area contributed by atoms with Crippen molar-refractivity contribution in [1.82, 2.24) is 0 Å². The third-order valence-electron chi connectivity index (χ3n) is 3.08. The number of alkyl halides is 3. The van der Waals surface area contributed by atoms with E-state index in [1.807, 2.05) is 0 Å². The minimum atomic E-state index is -4.52. The summed E-state index contributed by atoms with van der Waals surface area (Å²) in [4.78, 5) is 21.8. The lowest BCUT2D eigenvalue weighted by Gasteiger charge is -2.08. The fourth-order valence-corrected chi connectivity index (χ4v) is 2.04. The zero-order valence-electron chi connectivity index (χ0n) is 12.4. The Bertz CT molecular complexity index is 834. The molecule has 0 bridgehead atoms. The number of amides is 1. The van der Waals surface area contributed by atoms with Gasteiger partial charge in [-0.2, -0.15) is 13.2 Å². The van der Waals surface area contributed by atoms with Crippen LogP contribution in [0.25, 0.3) is 6.08 Å². The van der Waals surface area contributed by atoms with E-state index in [9.17, 15) is 28.1 Å². The maximum Gasteiger partial charge on any atom is 0.416 e. The molecule has 0 unspecified atom stereocenters. The largest absolute Gasteiger partial charge is 0.416 e. The molecule has 5 nitrogen and oxygen atoms in total. The molecule has 1 N–H and O–H groups in total. The van der Waals surface area contributed by atoms with Gasteiger partial charge in [-0.05, 0) is 42.0 Å². The molecule has 0 fully saturated rings. The second-order valence-corrected chi connectivity index (χ2v) is 5.27. The maximum atomic E-state index is 12.7. The number of halogens is 4. The molecule has 9 heteroatoms. The highest BCUT2D eigenvalue weighted by Gasteiger charge is 2.30. The van der Waals surface area contributed by atoms with Crippen LogP contribution in [0.2, 0.25) is 5.02 Å². The van der Waals surface area contributed by atoms with Crippen LogP contribution in [0, 0.1) is 10.1 Å². The number of nitrogens with zero attached hydrogens (tertiary/aromatic N) is 1. The van der Waals surface area contributed by atoms with Crippen molar-refractivity contribution < 1.29 is 22.9 Å². The average Bonchev–Trinajstić information content (AvgIpc) is 2.53. The van der Waals surface area contributed by atoms with Crippen LogP contribution < -0.4 is 5.32 Å². The average molecular weight is 371 g/mol. The molecule has 0 heterocycles. The number of anilines is 1. The number of hydrogen-bond acceptors (Lipinski definition) is 3. The van der Waals surface area contributed by atoms with Crippen LogP contribution in [0.5, 0.6) is 0 Å². The Kier molecular flexibility index (Phi) is 5.43. The van der Waals surface area contributed by atoms with E-state index in [1.165, 1.54) is 24.3 Å². The Hall–Kier alpha value is -2.87. The predicted molar refractivity (Wildman–Crippen MR) is 87.2 cm³/mol. The van der Waals surface area contributed by atoms with Gasteiger partial charge in [0.25, 0.3) is 5.69 Å². The number of hydrogen-bond donors (Lipinski definition) is 1. The number of nitro benzene ring substituents is 1. The summed E-state index contributed by atoms with van der Waals surface area (Å²) >= 11 is 5.82. The number of nitrogens with one attached hydrogen (secondary N) is 1. The molecule has 2 rings (SSSR count). The maximum absolute atomic E-state index is 12.7. The first-order chi connectivity index (χ1) is 11.7. The minimum Gasteiger partial charge on any atom is -0.323 e. The van der Waals surface area contributed by atoms with Crippen molar-refractivity contribution >= 4 is 35.0 Å².